The summed E-state index contributed by atoms with van der Waals surface area (Å²) in [4.78, 5) is 13.3. The standard InChI is InChI=1S/C18H20N4OS2/c1-12-6-8-14(9-7-12)17-20-21-18(22(17)3)25-11-16(23)19-13(2)15-5-4-10-24-15/h4-10,13H,11H2,1-3H3,(H,19,23)/t13-/m1/s1. The zero-order chi connectivity index (χ0) is 17.8. The number of carbonyl (C=O) groups is 1. The molecule has 1 atom stereocenters. The topological polar surface area (TPSA) is 59.8 Å². The zero-order valence-electron chi connectivity index (χ0n) is 14.4. The first-order chi connectivity index (χ1) is 12.0. The lowest BCUT2D eigenvalue weighted by Gasteiger charge is -2.11. The van der Waals surface area contributed by atoms with Gasteiger partial charge in [0.05, 0.1) is 11.8 Å². The summed E-state index contributed by atoms with van der Waals surface area (Å²) in [5.74, 6) is 1.11. The zero-order valence-corrected chi connectivity index (χ0v) is 16.0. The van der Waals surface area contributed by atoms with Gasteiger partial charge in [0.25, 0.3) is 0 Å². The Balaban J connectivity index is 1.60. The van der Waals surface area contributed by atoms with Gasteiger partial charge in [-0.3, -0.25) is 4.79 Å². The summed E-state index contributed by atoms with van der Waals surface area (Å²) in [7, 11) is 1.92. The van der Waals surface area contributed by atoms with Gasteiger partial charge in [0.1, 0.15) is 0 Å². The monoisotopic (exact) mass is 372 g/mol. The second kappa shape index (κ2) is 7.84. The number of hydrogen-bond acceptors (Lipinski definition) is 5. The Morgan fingerprint density at radius 2 is 2.04 bits per heavy atom. The van der Waals surface area contributed by atoms with E-state index in [9.17, 15) is 4.79 Å². The fourth-order valence-electron chi connectivity index (χ4n) is 2.42. The molecular formula is C18H20N4OS2. The second-order valence-corrected chi connectivity index (χ2v) is 7.75. The lowest BCUT2D eigenvalue weighted by Crippen LogP contribution is -2.27. The van der Waals surface area contributed by atoms with Crippen molar-refractivity contribution in [3.8, 4) is 11.4 Å². The van der Waals surface area contributed by atoms with Gasteiger partial charge < -0.3 is 9.88 Å². The van der Waals surface area contributed by atoms with E-state index in [4.69, 9.17) is 0 Å². The number of nitrogens with zero attached hydrogens (tertiary/aromatic N) is 3. The van der Waals surface area contributed by atoms with Crippen molar-refractivity contribution < 1.29 is 4.79 Å². The molecule has 7 heteroatoms. The summed E-state index contributed by atoms with van der Waals surface area (Å²) in [6, 6.07) is 12.2. The Morgan fingerprint density at radius 1 is 1.28 bits per heavy atom. The minimum Gasteiger partial charge on any atom is -0.348 e. The highest BCUT2D eigenvalue weighted by atomic mass is 32.2. The van der Waals surface area contributed by atoms with E-state index in [1.807, 2.05) is 48.2 Å². The quantitative estimate of drug-likeness (QED) is 0.668. The number of amides is 1. The van der Waals surface area contributed by atoms with E-state index in [0.717, 1.165) is 21.4 Å². The SMILES string of the molecule is Cc1ccc(-c2nnc(SCC(=O)N[C@H](C)c3cccs3)n2C)cc1. The van der Waals surface area contributed by atoms with Crippen molar-refractivity contribution >= 4 is 29.0 Å². The van der Waals surface area contributed by atoms with E-state index in [-0.39, 0.29) is 11.9 Å². The molecule has 0 aliphatic carbocycles. The lowest BCUT2D eigenvalue weighted by molar-refractivity contribution is -0.119. The molecule has 25 heavy (non-hydrogen) atoms. The number of aromatic nitrogens is 3. The molecule has 1 amide bonds. The van der Waals surface area contributed by atoms with Gasteiger partial charge >= 0.3 is 0 Å². The molecule has 1 aromatic carbocycles. The number of thiophene rings is 1. The molecule has 0 radical (unpaired) electrons. The largest absolute Gasteiger partial charge is 0.348 e. The normalized spacial score (nSPS) is 12.1. The Kier molecular flexibility index (Phi) is 5.55. The molecule has 2 aromatic heterocycles. The molecule has 130 valence electrons. The predicted octanol–water partition coefficient (Wildman–Crippen LogP) is 3.82. The third-order valence-corrected chi connectivity index (χ3v) is 5.90. The number of rotatable bonds is 6. The summed E-state index contributed by atoms with van der Waals surface area (Å²) in [6.07, 6.45) is 0. The maximum Gasteiger partial charge on any atom is 0.230 e. The summed E-state index contributed by atoms with van der Waals surface area (Å²) in [5.41, 5.74) is 2.22. The van der Waals surface area contributed by atoms with E-state index in [2.05, 4.69) is 34.6 Å². The van der Waals surface area contributed by atoms with Crippen molar-refractivity contribution in [2.75, 3.05) is 5.75 Å². The van der Waals surface area contributed by atoms with Crippen molar-refractivity contribution in [3.05, 3.63) is 52.2 Å². The summed E-state index contributed by atoms with van der Waals surface area (Å²) < 4.78 is 1.92. The van der Waals surface area contributed by atoms with Crippen LogP contribution in [0.25, 0.3) is 11.4 Å². The molecule has 2 heterocycles. The van der Waals surface area contributed by atoms with Gasteiger partial charge in [-0.25, -0.2) is 0 Å². The van der Waals surface area contributed by atoms with Crippen molar-refractivity contribution in [2.24, 2.45) is 7.05 Å². The highest BCUT2D eigenvalue weighted by Gasteiger charge is 2.14. The maximum absolute atomic E-state index is 12.2. The molecule has 1 N–H and O–H groups in total. The number of thioether (sulfide) groups is 1. The fourth-order valence-corrected chi connectivity index (χ4v) is 3.87. The van der Waals surface area contributed by atoms with Gasteiger partial charge in [0.15, 0.2) is 11.0 Å². The maximum atomic E-state index is 12.2. The van der Waals surface area contributed by atoms with Crippen LogP contribution in [0, 0.1) is 6.92 Å². The molecule has 0 aliphatic heterocycles. The van der Waals surface area contributed by atoms with Crippen LogP contribution in [0.2, 0.25) is 0 Å². The number of hydrogen-bond donors (Lipinski definition) is 1. The van der Waals surface area contributed by atoms with Crippen molar-refractivity contribution in [1.82, 2.24) is 20.1 Å². The van der Waals surface area contributed by atoms with Crippen molar-refractivity contribution in [2.45, 2.75) is 25.0 Å². The smallest absolute Gasteiger partial charge is 0.230 e. The van der Waals surface area contributed by atoms with E-state index >= 15 is 0 Å². The third kappa shape index (κ3) is 4.29. The minimum atomic E-state index is -0.00853. The van der Waals surface area contributed by atoms with Crippen LogP contribution < -0.4 is 5.32 Å². The Morgan fingerprint density at radius 3 is 2.72 bits per heavy atom. The number of aryl methyl sites for hydroxylation is 1. The Labute approximate surface area is 155 Å². The molecule has 5 nitrogen and oxygen atoms in total. The first-order valence-electron chi connectivity index (χ1n) is 7.96. The number of carbonyl (C=O) groups excluding carboxylic acids is 1. The molecule has 0 bridgehead atoms. The summed E-state index contributed by atoms with van der Waals surface area (Å²) >= 11 is 3.04. The first kappa shape index (κ1) is 17.7. The van der Waals surface area contributed by atoms with E-state index in [1.165, 1.54) is 17.3 Å². The average molecular weight is 373 g/mol. The van der Waals surface area contributed by atoms with Crippen LogP contribution in [-0.4, -0.2) is 26.4 Å². The van der Waals surface area contributed by atoms with Crippen molar-refractivity contribution in [1.29, 1.82) is 0 Å². The van der Waals surface area contributed by atoms with Crippen molar-refractivity contribution in [3.63, 3.8) is 0 Å². The van der Waals surface area contributed by atoms with E-state index < -0.39 is 0 Å². The van der Waals surface area contributed by atoms with Gasteiger partial charge in [-0.05, 0) is 25.3 Å². The second-order valence-electron chi connectivity index (χ2n) is 5.82. The van der Waals surface area contributed by atoms with Gasteiger partial charge in [-0.1, -0.05) is 47.7 Å². The number of benzene rings is 1. The van der Waals surface area contributed by atoms with Crippen LogP contribution in [0.4, 0.5) is 0 Å². The van der Waals surface area contributed by atoms with E-state index in [0.29, 0.717) is 5.75 Å². The van der Waals surface area contributed by atoms with Crippen LogP contribution in [0.1, 0.15) is 23.4 Å². The van der Waals surface area contributed by atoms with Crippen LogP contribution in [0.15, 0.2) is 46.9 Å². The summed E-state index contributed by atoms with van der Waals surface area (Å²) in [5, 5.41) is 14.2. The van der Waals surface area contributed by atoms with Crippen LogP contribution in [-0.2, 0) is 11.8 Å². The number of nitrogens with one attached hydrogen (secondary N) is 1. The summed E-state index contributed by atoms with van der Waals surface area (Å²) in [6.45, 7) is 4.05. The molecule has 0 saturated carbocycles. The Hall–Kier alpha value is -2.12. The molecule has 0 fully saturated rings. The molecule has 0 aliphatic rings. The molecule has 0 unspecified atom stereocenters. The van der Waals surface area contributed by atoms with Gasteiger partial charge in [0.2, 0.25) is 5.91 Å². The Bertz CT molecular complexity index is 841. The average Bonchev–Trinajstić information content (AvgIpc) is 3.24. The van der Waals surface area contributed by atoms with E-state index in [1.54, 1.807) is 11.3 Å². The first-order valence-corrected chi connectivity index (χ1v) is 9.83. The van der Waals surface area contributed by atoms with Gasteiger partial charge in [-0.15, -0.1) is 21.5 Å². The molecule has 0 saturated heterocycles. The third-order valence-electron chi connectivity index (χ3n) is 3.82. The minimum absolute atomic E-state index is 0.00853. The van der Waals surface area contributed by atoms with Crippen LogP contribution in [0.5, 0.6) is 0 Å². The fraction of sp³-hybridized carbons (Fsp3) is 0.278. The molecule has 3 aromatic rings. The van der Waals surface area contributed by atoms with Crippen LogP contribution in [0.3, 0.4) is 0 Å². The predicted molar refractivity (Wildman–Crippen MR) is 103 cm³/mol. The molecule has 0 spiro atoms. The van der Waals surface area contributed by atoms with Gasteiger partial charge in [-0.2, -0.15) is 0 Å². The lowest BCUT2D eigenvalue weighted by atomic mass is 10.1. The highest BCUT2D eigenvalue weighted by Crippen LogP contribution is 2.23. The molecule has 3 rings (SSSR count). The highest BCUT2D eigenvalue weighted by molar-refractivity contribution is 7.99. The van der Waals surface area contributed by atoms with Crippen LogP contribution >= 0.6 is 23.1 Å². The molecular weight excluding hydrogens is 352 g/mol. The van der Waals surface area contributed by atoms with Gasteiger partial charge in [0, 0.05) is 17.5 Å².